The molecule has 1 heterocycles. The van der Waals surface area contributed by atoms with Crippen molar-refractivity contribution in [2.75, 3.05) is 0 Å². The number of fused-ring (bicyclic) bond motifs is 1. The molecule has 0 fully saturated rings. The monoisotopic (exact) mass is 290 g/mol. The van der Waals surface area contributed by atoms with E-state index >= 15 is 0 Å². The van der Waals surface area contributed by atoms with Crippen molar-refractivity contribution >= 4 is 27.4 Å². The normalized spacial score (nSPS) is 12.3. The molecule has 0 aliphatic rings. The lowest BCUT2D eigenvalue weighted by Crippen LogP contribution is -2.10. The van der Waals surface area contributed by atoms with Crippen LogP contribution in [0.15, 0.2) is 18.2 Å². The second-order valence-electron chi connectivity index (χ2n) is 6.77. The molecule has 0 unspecified atom stereocenters. The van der Waals surface area contributed by atoms with Gasteiger partial charge in [-0.05, 0) is 46.4 Å². The summed E-state index contributed by atoms with van der Waals surface area (Å²) in [6, 6.07) is 6.36. The molecule has 20 heavy (non-hydrogen) atoms. The van der Waals surface area contributed by atoms with Crippen molar-refractivity contribution < 1.29 is 9.90 Å². The van der Waals surface area contributed by atoms with Gasteiger partial charge in [0.2, 0.25) is 0 Å². The highest BCUT2D eigenvalue weighted by Gasteiger charge is 2.21. The summed E-state index contributed by atoms with van der Waals surface area (Å²) >= 11 is 1.39. The van der Waals surface area contributed by atoms with E-state index in [1.807, 2.05) is 0 Å². The highest BCUT2D eigenvalue weighted by molar-refractivity contribution is 7.21. The highest BCUT2D eigenvalue weighted by Crippen LogP contribution is 2.36. The minimum Gasteiger partial charge on any atom is -0.477 e. The van der Waals surface area contributed by atoms with Gasteiger partial charge in [-0.1, -0.05) is 40.7 Å². The molecule has 0 atom stereocenters. The molecule has 0 bridgehead atoms. The van der Waals surface area contributed by atoms with E-state index in [1.54, 1.807) is 0 Å². The molecule has 0 aliphatic heterocycles. The van der Waals surface area contributed by atoms with E-state index in [1.165, 1.54) is 16.9 Å². The van der Waals surface area contributed by atoms with Crippen LogP contribution in [-0.2, 0) is 11.8 Å². The van der Waals surface area contributed by atoms with Gasteiger partial charge in [0.1, 0.15) is 4.88 Å². The van der Waals surface area contributed by atoms with E-state index in [2.05, 4.69) is 52.8 Å². The van der Waals surface area contributed by atoms with Gasteiger partial charge in [0.15, 0.2) is 0 Å². The zero-order chi connectivity index (χ0) is 15.1. The molecule has 3 heteroatoms. The predicted octanol–water partition coefficient (Wildman–Crippen LogP) is 5.10. The third-order valence-corrected chi connectivity index (χ3v) is 4.66. The van der Waals surface area contributed by atoms with Crippen molar-refractivity contribution in [3.63, 3.8) is 0 Å². The Morgan fingerprint density at radius 3 is 2.45 bits per heavy atom. The molecule has 108 valence electrons. The summed E-state index contributed by atoms with van der Waals surface area (Å²) in [4.78, 5) is 12.0. The Hall–Kier alpha value is -1.35. The zero-order valence-corrected chi connectivity index (χ0v) is 13.6. The summed E-state index contributed by atoms with van der Waals surface area (Å²) in [7, 11) is 0. The number of thiophene rings is 1. The van der Waals surface area contributed by atoms with Gasteiger partial charge in [0.25, 0.3) is 0 Å². The second-order valence-corrected chi connectivity index (χ2v) is 7.83. The Morgan fingerprint density at radius 1 is 1.30 bits per heavy atom. The Labute approximate surface area is 124 Å². The van der Waals surface area contributed by atoms with Gasteiger partial charge < -0.3 is 5.11 Å². The Morgan fingerprint density at radius 2 is 1.95 bits per heavy atom. The zero-order valence-electron chi connectivity index (χ0n) is 12.8. The average Bonchev–Trinajstić information content (AvgIpc) is 2.65. The molecule has 1 N–H and O–H groups in total. The van der Waals surface area contributed by atoms with Gasteiger partial charge in [0.05, 0.1) is 0 Å². The Balaban J connectivity index is 2.69. The number of carboxylic acids is 1. The largest absolute Gasteiger partial charge is 0.477 e. The van der Waals surface area contributed by atoms with Crippen LogP contribution >= 0.6 is 11.3 Å². The van der Waals surface area contributed by atoms with Crippen LogP contribution in [0.25, 0.3) is 10.1 Å². The maximum atomic E-state index is 11.5. The average molecular weight is 290 g/mol. The van der Waals surface area contributed by atoms with Crippen LogP contribution in [0, 0.1) is 5.92 Å². The van der Waals surface area contributed by atoms with E-state index in [0.29, 0.717) is 10.8 Å². The molecule has 2 rings (SSSR count). The third-order valence-electron chi connectivity index (χ3n) is 3.46. The highest BCUT2D eigenvalue weighted by atomic mass is 32.1. The molecule has 2 aromatic rings. The number of aromatic carboxylic acids is 1. The lowest BCUT2D eigenvalue weighted by atomic mass is 9.86. The topological polar surface area (TPSA) is 37.3 Å². The molecule has 2 nitrogen and oxygen atoms in total. The standard InChI is InChI=1S/C17H22O2S/c1-10(2)8-13-12-9-11(17(3,4)5)6-7-14(12)20-15(13)16(18)19/h6-7,9-10H,8H2,1-5H3,(H,18,19). The summed E-state index contributed by atoms with van der Waals surface area (Å²) in [5, 5.41) is 10.5. The van der Waals surface area contributed by atoms with E-state index in [4.69, 9.17) is 0 Å². The smallest absolute Gasteiger partial charge is 0.346 e. The van der Waals surface area contributed by atoms with Gasteiger partial charge in [-0.25, -0.2) is 4.79 Å². The maximum absolute atomic E-state index is 11.5. The minimum atomic E-state index is -0.806. The van der Waals surface area contributed by atoms with Crippen LogP contribution < -0.4 is 0 Å². The minimum absolute atomic E-state index is 0.0780. The SMILES string of the molecule is CC(C)Cc1c(C(=O)O)sc2ccc(C(C)(C)C)cc12. The van der Waals surface area contributed by atoms with Crippen molar-refractivity contribution in [3.8, 4) is 0 Å². The van der Waals surface area contributed by atoms with Crippen molar-refractivity contribution in [2.24, 2.45) is 5.92 Å². The fourth-order valence-electron chi connectivity index (χ4n) is 2.40. The van der Waals surface area contributed by atoms with Crippen LogP contribution in [0.3, 0.4) is 0 Å². The number of hydrogen-bond acceptors (Lipinski definition) is 2. The van der Waals surface area contributed by atoms with Crippen LogP contribution in [0.2, 0.25) is 0 Å². The van der Waals surface area contributed by atoms with Crippen LogP contribution in [0.1, 0.15) is 55.4 Å². The summed E-state index contributed by atoms with van der Waals surface area (Å²) in [5.41, 5.74) is 2.33. The first-order valence-electron chi connectivity index (χ1n) is 6.99. The number of carbonyl (C=O) groups is 1. The van der Waals surface area contributed by atoms with E-state index in [9.17, 15) is 9.90 Å². The van der Waals surface area contributed by atoms with E-state index in [0.717, 1.165) is 22.1 Å². The first kappa shape index (κ1) is 15.0. The maximum Gasteiger partial charge on any atom is 0.346 e. The lowest BCUT2D eigenvalue weighted by molar-refractivity contribution is 0.0701. The molecular formula is C17H22O2S. The van der Waals surface area contributed by atoms with Crippen molar-refractivity contribution in [1.29, 1.82) is 0 Å². The molecule has 0 saturated heterocycles. The van der Waals surface area contributed by atoms with Gasteiger partial charge in [-0.2, -0.15) is 0 Å². The van der Waals surface area contributed by atoms with Crippen molar-refractivity contribution in [3.05, 3.63) is 34.2 Å². The predicted molar refractivity (Wildman–Crippen MR) is 86.0 cm³/mol. The first-order valence-corrected chi connectivity index (χ1v) is 7.81. The van der Waals surface area contributed by atoms with E-state index < -0.39 is 5.97 Å². The number of benzene rings is 1. The van der Waals surface area contributed by atoms with Crippen LogP contribution in [0.4, 0.5) is 0 Å². The Bertz CT molecular complexity index is 645. The molecule has 1 aromatic heterocycles. The molecule has 0 aliphatic carbocycles. The van der Waals surface area contributed by atoms with Crippen molar-refractivity contribution in [2.45, 2.75) is 46.5 Å². The second kappa shape index (κ2) is 5.21. The summed E-state index contributed by atoms with van der Waals surface area (Å²) in [5.74, 6) is -0.358. The number of carboxylic acid groups (broad SMARTS) is 1. The van der Waals surface area contributed by atoms with Gasteiger partial charge in [-0.3, -0.25) is 0 Å². The number of rotatable bonds is 3. The number of hydrogen-bond donors (Lipinski definition) is 1. The molecule has 1 aromatic carbocycles. The van der Waals surface area contributed by atoms with Crippen LogP contribution in [0.5, 0.6) is 0 Å². The van der Waals surface area contributed by atoms with Crippen molar-refractivity contribution in [1.82, 2.24) is 0 Å². The fourth-order valence-corrected chi connectivity index (χ4v) is 3.45. The summed E-state index contributed by atoms with van der Waals surface area (Å²) < 4.78 is 1.08. The third kappa shape index (κ3) is 2.88. The van der Waals surface area contributed by atoms with Gasteiger partial charge >= 0.3 is 5.97 Å². The summed E-state index contributed by atoms with van der Waals surface area (Å²) in [6.07, 6.45) is 0.815. The van der Waals surface area contributed by atoms with Crippen LogP contribution in [-0.4, -0.2) is 11.1 Å². The lowest BCUT2D eigenvalue weighted by Gasteiger charge is -2.19. The molecule has 0 amide bonds. The molecule has 0 saturated carbocycles. The first-order chi connectivity index (χ1) is 9.20. The molecule has 0 radical (unpaired) electrons. The van der Waals surface area contributed by atoms with Gasteiger partial charge in [0, 0.05) is 4.70 Å². The quantitative estimate of drug-likeness (QED) is 0.854. The molecular weight excluding hydrogens is 268 g/mol. The molecule has 0 spiro atoms. The van der Waals surface area contributed by atoms with E-state index in [-0.39, 0.29) is 5.41 Å². The summed E-state index contributed by atoms with van der Waals surface area (Å²) in [6.45, 7) is 10.8. The fraction of sp³-hybridized carbons (Fsp3) is 0.471. The Kier molecular flexibility index (Phi) is 3.92. The van der Waals surface area contributed by atoms with Gasteiger partial charge in [-0.15, -0.1) is 11.3 Å².